The van der Waals surface area contributed by atoms with Crippen molar-refractivity contribution in [2.24, 2.45) is 0 Å². The number of rotatable bonds is 5. The van der Waals surface area contributed by atoms with E-state index in [1.807, 2.05) is 17.5 Å². The molecule has 0 fully saturated rings. The van der Waals surface area contributed by atoms with E-state index in [2.05, 4.69) is 36.4 Å². The van der Waals surface area contributed by atoms with E-state index in [-0.39, 0.29) is 5.69 Å². The maximum atomic E-state index is 11.1. The smallest absolute Gasteiger partial charge is 0.293 e. The molecular formula is C13H10BrN5O2S. The first-order valence-electron chi connectivity index (χ1n) is 6.26. The molecule has 7 nitrogen and oxygen atoms in total. The van der Waals surface area contributed by atoms with E-state index in [4.69, 9.17) is 0 Å². The summed E-state index contributed by atoms with van der Waals surface area (Å²) in [7, 11) is 0. The van der Waals surface area contributed by atoms with Crippen molar-refractivity contribution >= 4 is 38.6 Å². The highest BCUT2D eigenvalue weighted by Crippen LogP contribution is 2.28. The first-order valence-corrected chi connectivity index (χ1v) is 7.94. The number of aromatic amines is 1. The summed E-state index contributed by atoms with van der Waals surface area (Å²) in [4.78, 5) is 16.0. The minimum absolute atomic E-state index is 0.00682. The summed E-state index contributed by atoms with van der Waals surface area (Å²) in [6.07, 6.45) is 0. The van der Waals surface area contributed by atoms with Gasteiger partial charge < -0.3 is 5.32 Å². The highest BCUT2D eigenvalue weighted by Gasteiger charge is 2.14. The molecule has 0 aliphatic heterocycles. The van der Waals surface area contributed by atoms with Crippen LogP contribution in [0.15, 0.2) is 40.2 Å². The molecule has 0 saturated heterocycles. The summed E-state index contributed by atoms with van der Waals surface area (Å²) in [5.74, 6) is 1.23. The first kappa shape index (κ1) is 14.7. The molecule has 0 spiro atoms. The predicted octanol–water partition coefficient (Wildman–Crippen LogP) is 3.82. The third kappa shape index (κ3) is 3.15. The zero-order valence-electron chi connectivity index (χ0n) is 11.1. The molecule has 0 aliphatic rings. The predicted molar refractivity (Wildman–Crippen MR) is 87.8 cm³/mol. The number of benzene rings is 1. The quantitative estimate of drug-likeness (QED) is 0.518. The molecule has 0 bridgehead atoms. The Hall–Kier alpha value is -2.26. The molecule has 2 heterocycles. The molecule has 9 heteroatoms. The van der Waals surface area contributed by atoms with Crippen molar-refractivity contribution in [3.8, 4) is 10.7 Å². The van der Waals surface area contributed by atoms with Crippen LogP contribution < -0.4 is 5.32 Å². The van der Waals surface area contributed by atoms with Crippen molar-refractivity contribution in [1.82, 2.24) is 15.2 Å². The van der Waals surface area contributed by atoms with Crippen LogP contribution in [-0.2, 0) is 6.54 Å². The Morgan fingerprint density at radius 2 is 2.27 bits per heavy atom. The molecule has 2 aromatic heterocycles. The van der Waals surface area contributed by atoms with Gasteiger partial charge in [-0.15, -0.1) is 11.3 Å². The molecule has 0 atom stereocenters. The van der Waals surface area contributed by atoms with Crippen molar-refractivity contribution in [3.05, 3.63) is 56.1 Å². The van der Waals surface area contributed by atoms with Gasteiger partial charge in [-0.05, 0) is 23.6 Å². The number of hydrogen-bond donors (Lipinski definition) is 2. The summed E-state index contributed by atoms with van der Waals surface area (Å²) < 4.78 is 0.657. The van der Waals surface area contributed by atoms with Gasteiger partial charge in [-0.2, -0.15) is 5.10 Å². The number of H-pyrrole nitrogens is 1. The second-order valence-corrected chi connectivity index (χ2v) is 6.22. The number of nitro groups is 1. The molecule has 3 rings (SSSR count). The number of halogens is 1. The fourth-order valence-corrected chi connectivity index (χ4v) is 2.88. The van der Waals surface area contributed by atoms with E-state index >= 15 is 0 Å². The molecule has 0 saturated carbocycles. The van der Waals surface area contributed by atoms with Crippen molar-refractivity contribution < 1.29 is 4.92 Å². The number of anilines is 1. The average molecular weight is 380 g/mol. The molecule has 0 radical (unpaired) electrons. The van der Waals surface area contributed by atoms with Gasteiger partial charge in [0.15, 0.2) is 5.82 Å². The Morgan fingerprint density at radius 1 is 1.41 bits per heavy atom. The second-order valence-electron chi connectivity index (χ2n) is 4.36. The minimum Gasteiger partial charge on any atom is -0.372 e. The van der Waals surface area contributed by atoms with Crippen LogP contribution in [0.25, 0.3) is 10.7 Å². The Labute approximate surface area is 137 Å². The van der Waals surface area contributed by atoms with Crippen LogP contribution >= 0.6 is 27.3 Å². The van der Waals surface area contributed by atoms with E-state index in [0.29, 0.717) is 28.4 Å². The lowest BCUT2D eigenvalue weighted by atomic mass is 10.2. The van der Waals surface area contributed by atoms with Crippen molar-refractivity contribution in [2.45, 2.75) is 6.54 Å². The fourth-order valence-electron chi connectivity index (χ4n) is 1.87. The number of thiophene rings is 1. The summed E-state index contributed by atoms with van der Waals surface area (Å²) in [6, 6.07) is 8.72. The number of aromatic nitrogens is 3. The van der Waals surface area contributed by atoms with E-state index in [9.17, 15) is 10.1 Å². The molecule has 1 aromatic carbocycles. The van der Waals surface area contributed by atoms with Crippen LogP contribution in [-0.4, -0.2) is 20.1 Å². The van der Waals surface area contributed by atoms with E-state index in [1.54, 1.807) is 23.5 Å². The average Bonchev–Trinajstić information content (AvgIpc) is 3.16. The SMILES string of the molecule is O=[N+]([O-])c1cc(Br)ccc1NCc1nc(-c2cccs2)n[nH]1. The van der Waals surface area contributed by atoms with Crippen LogP contribution in [0, 0.1) is 10.1 Å². The molecule has 22 heavy (non-hydrogen) atoms. The number of hydrogen-bond acceptors (Lipinski definition) is 6. The van der Waals surface area contributed by atoms with Gasteiger partial charge in [-0.25, -0.2) is 4.98 Å². The Morgan fingerprint density at radius 3 is 3.00 bits per heavy atom. The van der Waals surface area contributed by atoms with Gasteiger partial charge in [0.2, 0.25) is 0 Å². The van der Waals surface area contributed by atoms with Crippen LogP contribution in [0.3, 0.4) is 0 Å². The van der Waals surface area contributed by atoms with E-state index in [1.165, 1.54) is 6.07 Å². The monoisotopic (exact) mass is 379 g/mol. The summed E-state index contributed by atoms with van der Waals surface area (Å²) >= 11 is 4.78. The highest BCUT2D eigenvalue weighted by atomic mass is 79.9. The van der Waals surface area contributed by atoms with Crippen molar-refractivity contribution in [1.29, 1.82) is 0 Å². The van der Waals surface area contributed by atoms with Crippen LogP contribution in [0.4, 0.5) is 11.4 Å². The molecule has 3 aromatic rings. The first-order chi connectivity index (χ1) is 10.6. The Bertz CT molecular complexity index is 803. The summed E-state index contributed by atoms with van der Waals surface area (Å²) in [6.45, 7) is 0.320. The summed E-state index contributed by atoms with van der Waals surface area (Å²) in [5.41, 5.74) is 0.439. The molecule has 0 unspecified atom stereocenters. The van der Waals surface area contributed by atoms with Gasteiger partial charge in [-0.1, -0.05) is 22.0 Å². The van der Waals surface area contributed by atoms with Gasteiger partial charge in [-0.3, -0.25) is 15.2 Å². The minimum atomic E-state index is -0.426. The van der Waals surface area contributed by atoms with Gasteiger partial charge in [0.1, 0.15) is 11.5 Å². The largest absolute Gasteiger partial charge is 0.372 e. The molecular weight excluding hydrogens is 370 g/mol. The van der Waals surface area contributed by atoms with Gasteiger partial charge in [0.25, 0.3) is 5.69 Å². The topological polar surface area (TPSA) is 96.7 Å². The lowest BCUT2D eigenvalue weighted by Gasteiger charge is -2.05. The molecule has 2 N–H and O–H groups in total. The molecule has 112 valence electrons. The third-order valence-electron chi connectivity index (χ3n) is 2.88. The maximum Gasteiger partial charge on any atom is 0.293 e. The standard InChI is InChI=1S/C13H10BrN5O2S/c14-8-3-4-9(10(6-8)19(20)21)15-7-12-16-13(18-17-12)11-2-1-5-22-11/h1-6,15H,7H2,(H,16,17,18). The zero-order valence-corrected chi connectivity index (χ0v) is 13.5. The zero-order chi connectivity index (χ0) is 15.5. The molecule has 0 amide bonds. The maximum absolute atomic E-state index is 11.1. The van der Waals surface area contributed by atoms with Gasteiger partial charge >= 0.3 is 0 Å². The van der Waals surface area contributed by atoms with Crippen LogP contribution in [0.1, 0.15) is 5.82 Å². The Balaban J connectivity index is 1.74. The third-order valence-corrected chi connectivity index (χ3v) is 4.24. The number of nitrogens with one attached hydrogen (secondary N) is 2. The van der Waals surface area contributed by atoms with Crippen molar-refractivity contribution in [3.63, 3.8) is 0 Å². The highest BCUT2D eigenvalue weighted by molar-refractivity contribution is 9.10. The lowest BCUT2D eigenvalue weighted by molar-refractivity contribution is -0.384. The van der Waals surface area contributed by atoms with Crippen LogP contribution in [0.2, 0.25) is 0 Å². The molecule has 0 aliphatic carbocycles. The Kier molecular flexibility index (Phi) is 4.16. The summed E-state index contributed by atoms with van der Waals surface area (Å²) in [5, 5.41) is 23.0. The normalized spacial score (nSPS) is 10.6. The van der Waals surface area contributed by atoms with Gasteiger partial charge in [0, 0.05) is 10.5 Å². The second kappa shape index (κ2) is 6.24. The van der Waals surface area contributed by atoms with E-state index < -0.39 is 4.92 Å². The van der Waals surface area contributed by atoms with Crippen molar-refractivity contribution in [2.75, 3.05) is 5.32 Å². The number of nitrogens with zero attached hydrogens (tertiary/aromatic N) is 3. The fraction of sp³-hybridized carbons (Fsp3) is 0.0769. The lowest BCUT2D eigenvalue weighted by Crippen LogP contribution is -2.04. The van der Waals surface area contributed by atoms with Crippen LogP contribution in [0.5, 0.6) is 0 Å². The van der Waals surface area contributed by atoms with E-state index in [0.717, 1.165) is 4.88 Å². The van der Waals surface area contributed by atoms with Gasteiger partial charge in [0.05, 0.1) is 16.3 Å². The number of nitro benzene ring substituents is 1.